The maximum absolute atomic E-state index is 12.5. The average Bonchev–Trinajstić information content (AvgIpc) is 2.62. The maximum atomic E-state index is 12.5. The van der Waals surface area contributed by atoms with E-state index in [4.69, 9.17) is 0 Å². The first-order chi connectivity index (χ1) is 12.3. The molecule has 1 N–H and O–H groups in total. The van der Waals surface area contributed by atoms with E-state index in [1.165, 1.54) is 22.7 Å². The summed E-state index contributed by atoms with van der Waals surface area (Å²) in [6, 6.07) is 6.52. The molecule has 6 heteroatoms. The molecule has 2 rings (SSSR count). The van der Waals surface area contributed by atoms with Gasteiger partial charge in [-0.05, 0) is 63.1 Å². The summed E-state index contributed by atoms with van der Waals surface area (Å²) in [5.74, 6) is -0.272. The Hall–Kier alpha value is -1.82. The van der Waals surface area contributed by atoms with E-state index in [0.717, 1.165) is 37.5 Å². The highest BCUT2D eigenvalue weighted by Crippen LogP contribution is 2.22. The van der Waals surface area contributed by atoms with Crippen LogP contribution in [0.3, 0.4) is 0 Å². The van der Waals surface area contributed by atoms with Gasteiger partial charge in [0.1, 0.15) is 6.04 Å². The summed E-state index contributed by atoms with van der Waals surface area (Å²) in [7, 11) is -3.57. The summed E-state index contributed by atoms with van der Waals surface area (Å²) in [5, 5.41) is 2.89. The second-order valence-electron chi connectivity index (χ2n) is 6.90. The third-order valence-corrected chi connectivity index (χ3v) is 6.06. The van der Waals surface area contributed by atoms with Crippen molar-refractivity contribution < 1.29 is 13.2 Å². The van der Waals surface area contributed by atoms with E-state index in [9.17, 15) is 13.2 Å². The van der Waals surface area contributed by atoms with Crippen molar-refractivity contribution in [3.8, 4) is 0 Å². The number of hydrogen-bond donors (Lipinski definition) is 1. The number of carbonyl (C=O) groups excluding carboxylic acids is 1. The lowest BCUT2D eigenvalue weighted by atomic mass is 9.97. The Balaban J connectivity index is 2.04. The minimum Gasteiger partial charge on any atom is -0.354 e. The number of nitrogens with zero attached hydrogens (tertiary/aromatic N) is 1. The van der Waals surface area contributed by atoms with Gasteiger partial charge in [-0.1, -0.05) is 30.7 Å². The molecule has 144 valence electrons. The largest absolute Gasteiger partial charge is 0.354 e. The van der Waals surface area contributed by atoms with Gasteiger partial charge in [0.05, 0.1) is 11.9 Å². The van der Waals surface area contributed by atoms with Crippen molar-refractivity contribution in [2.45, 2.75) is 58.4 Å². The second-order valence-corrected chi connectivity index (χ2v) is 8.76. The molecule has 1 atom stereocenters. The predicted octanol–water partition coefficient (Wildman–Crippen LogP) is 3.41. The van der Waals surface area contributed by atoms with Gasteiger partial charge < -0.3 is 5.32 Å². The molecule has 0 aliphatic heterocycles. The van der Waals surface area contributed by atoms with Crippen LogP contribution < -0.4 is 9.62 Å². The number of allylic oxidation sites excluding steroid dienone is 1. The predicted molar refractivity (Wildman–Crippen MR) is 107 cm³/mol. The third-order valence-electron chi connectivity index (χ3n) is 4.82. The Morgan fingerprint density at radius 1 is 1.23 bits per heavy atom. The smallest absolute Gasteiger partial charge is 0.243 e. The van der Waals surface area contributed by atoms with E-state index in [-0.39, 0.29) is 5.91 Å². The van der Waals surface area contributed by atoms with Gasteiger partial charge in [-0.2, -0.15) is 0 Å². The molecule has 1 aliphatic carbocycles. The van der Waals surface area contributed by atoms with Gasteiger partial charge in [0.25, 0.3) is 0 Å². The number of sulfonamides is 1. The van der Waals surface area contributed by atoms with Crippen LogP contribution in [0.25, 0.3) is 0 Å². The van der Waals surface area contributed by atoms with E-state index < -0.39 is 16.1 Å². The molecule has 0 aromatic heterocycles. The summed E-state index contributed by atoms with van der Waals surface area (Å²) in [5.41, 5.74) is 3.03. The topological polar surface area (TPSA) is 66.5 Å². The molecule has 1 aromatic carbocycles. The molecule has 0 saturated carbocycles. The zero-order chi connectivity index (χ0) is 19.2. The monoisotopic (exact) mass is 378 g/mol. The second kappa shape index (κ2) is 9.21. The molecule has 0 radical (unpaired) electrons. The quantitative estimate of drug-likeness (QED) is 0.705. The molecule has 1 aliphatic rings. The molecule has 0 bridgehead atoms. The van der Waals surface area contributed by atoms with Gasteiger partial charge in [-0.25, -0.2) is 8.42 Å². The molecule has 0 saturated heterocycles. The van der Waals surface area contributed by atoms with Gasteiger partial charge in [-0.15, -0.1) is 0 Å². The number of carbonyl (C=O) groups is 1. The van der Waals surface area contributed by atoms with Crippen LogP contribution >= 0.6 is 0 Å². The molecule has 1 amide bonds. The third kappa shape index (κ3) is 5.59. The van der Waals surface area contributed by atoms with Crippen LogP contribution in [0.2, 0.25) is 0 Å². The first-order valence-electron chi connectivity index (χ1n) is 9.37. The summed E-state index contributed by atoms with van der Waals surface area (Å²) in [6.45, 7) is 4.21. The fraction of sp³-hybridized carbons (Fsp3) is 0.550. The summed E-state index contributed by atoms with van der Waals surface area (Å²) in [6.07, 6.45) is 9.79. The Bertz CT molecular complexity index is 739. The van der Waals surface area contributed by atoms with Crippen LogP contribution in [0.4, 0.5) is 5.69 Å². The van der Waals surface area contributed by atoms with E-state index >= 15 is 0 Å². The fourth-order valence-electron chi connectivity index (χ4n) is 3.31. The number of nitrogens with one attached hydrogen (secondary N) is 1. The molecule has 0 fully saturated rings. The van der Waals surface area contributed by atoms with Gasteiger partial charge in [-0.3, -0.25) is 9.10 Å². The molecule has 26 heavy (non-hydrogen) atoms. The van der Waals surface area contributed by atoms with E-state index in [0.29, 0.717) is 12.2 Å². The van der Waals surface area contributed by atoms with Crippen LogP contribution in [0.5, 0.6) is 0 Å². The van der Waals surface area contributed by atoms with Gasteiger partial charge in [0.2, 0.25) is 15.9 Å². The average molecular weight is 379 g/mol. The Labute approximate surface area is 157 Å². The van der Waals surface area contributed by atoms with Crippen LogP contribution in [0.1, 0.15) is 51.5 Å². The summed E-state index contributed by atoms with van der Waals surface area (Å²) >= 11 is 0. The zero-order valence-electron chi connectivity index (χ0n) is 16.0. The van der Waals surface area contributed by atoms with Gasteiger partial charge in [0.15, 0.2) is 0 Å². The van der Waals surface area contributed by atoms with Crippen molar-refractivity contribution in [1.82, 2.24) is 5.32 Å². The van der Waals surface area contributed by atoms with Crippen LogP contribution in [-0.4, -0.2) is 33.2 Å². The van der Waals surface area contributed by atoms with Gasteiger partial charge >= 0.3 is 0 Å². The van der Waals surface area contributed by atoms with Crippen LogP contribution in [0, 0.1) is 0 Å². The van der Waals surface area contributed by atoms with Gasteiger partial charge in [0, 0.05) is 6.54 Å². The Morgan fingerprint density at radius 3 is 2.46 bits per heavy atom. The van der Waals surface area contributed by atoms with Crippen molar-refractivity contribution >= 4 is 21.6 Å². The standard InChI is InChI=1S/C20H30N2O3S/c1-4-17-10-12-19(13-11-17)22(26(3,24)25)16(2)20(23)21-15-14-18-8-6-5-7-9-18/h8,10-13,16H,4-7,9,14-15H2,1-3H3,(H,21,23)/t16-/m1/s1. The Kier molecular flexibility index (Phi) is 7.26. The fourth-order valence-corrected chi connectivity index (χ4v) is 4.49. The lowest BCUT2D eigenvalue weighted by Crippen LogP contribution is -2.48. The SMILES string of the molecule is CCc1ccc(N([C@H](C)C(=O)NCCC2=CCCCC2)S(C)(=O)=O)cc1. The first-order valence-corrected chi connectivity index (χ1v) is 11.2. The minimum atomic E-state index is -3.57. The molecule has 0 unspecified atom stereocenters. The van der Waals surface area contributed by atoms with E-state index in [1.807, 2.05) is 19.1 Å². The first kappa shape index (κ1) is 20.5. The molecule has 5 nitrogen and oxygen atoms in total. The highest BCUT2D eigenvalue weighted by Gasteiger charge is 2.28. The maximum Gasteiger partial charge on any atom is 0.243 e. The Morgan fingerprint density at radius 2 is 1.92 bits per heavy atom. The number of aryl methyl sites for hydroxylation is 1. The van der Waals surface area contributed by atoms with Crippen LogP contribution in [-0.2, 0) is 21.2 Å². The zero-order valence-corrected chi connectivity index (χ0v) is 16.8. The van der Waals surface area contributed by atoms with Crippen molar-refractivity contribution in [3.63, 3.8) is 0 Å². The highest BCUT2D eigenvalue weighted by molar-refractivity contribution is 7.92. The normalized spacial score (nSPS) is 15.9. The van der Waals surface area contributed by atoms with Crippen molar-refractivity contribution in [2.75, 3.05) is 17.1 Å². The number of benzene rings is 1. The molecular weight excluding hydrogens is 348 g/mol. The number of rotatable bonds is 8. The molecular formula is C20H30N2O3S. The minimum absolute atomic E-state index is 0.272. The molecule has 0 heterocycles. The van der Waals surface area contributed by atoms with E-state index in [1.54, 1.807) is 19.1 Å². The summed E-state index contributed by atoms with van der Waals surface area (Å²) in [4.78, 5) is 12.5. The van der Waals surface area contributed by atoms with Crippen molar-refractivity contribution in [3.05, 3.63) is 41.5 Å². The summed E-state index contributed by atoms with van der Waals surface area (Å²) < 4.78 is 25.8. The van der Waals surface area contributed by atoms with Crippen LogP contribution in [0.15, 0.2) is 35.9 Å². The lowest BCUT2D eigenvalue weighted by Gasteiger charge is -2.28. The number of anilines is 1. The highest BCUT2D eigenvalue weighted by atomic mass is 32.2. The number of hydrogen-bond acceptors (Lipinski definition) is 3. The van der Waals surface area contributed by atoms with Crippen molar-refractivity contribution in [2.24, 2.45) is 0 Å². The molecule has 0 spiro atoms. The van der Waals surface area contributed by atoms with Crippen molar-refractivity contribution in [1.29, 1.82) is 0 Å². The molecule has 1 aromatic rings. The van der Waals surface area contributed by atoms with E-state index in [2.05, 4.69) is 11.4 Å². The lowest BCUT2D eigenvalue weighted by molar-refractivity contribution is -0.121. The number of amides is 1.